The molecule has 0 aliphatic heterocycles. The fraction of sp³-hybridized carbons (Fsp3) is 0.500. The first-order valence-corrected chi connectivity index (χ1v) is 5.39. The highest BCUT2D eigenvalue weighted by Gasteiger charge is 2.24. The number of rotatable bonds is 4. The highest BCUT2D eigenvalue weighted by atomic mass is 16.2. The Morgan fingerprint density at radius 1 is 1.44 bits per heavy atom. The van der Waals surface area contributed by atoms with E-state index in [1.54, 1.807) is 18.5 Å². The third-order valence-corrected chi connectivity index (χ3v) is 2.39. The van der Waals surface area contributed by atoms with E-state index < -0.39 is 0 Å². The van der Waals surface area contributed by atoms with Gasteiger partial charge in [0.1, 0.15) is 0 Å². The van der Waals surface area contributed by atoms with Gasteiger partial charge in [-0.05, 0) is 32.1 Å². The molecule has 1 rings (SSSR count). The number of nitrogens with zero attached hydrogens (tertiary/aromatic N) is 2. The fourth-order valence-corrected chi connectivity index (χ4v) is 1.79. The number of hydrogen-bond donors (Lipinski definition) is 1. The number of hydrogen-bond acceptors (Lipinski definition) is 3. The molecule has 88 valence electrons. The molecule has 0 aromatic carbocycles. The summed E-state index contributed by atoms with van der Waals surface area (Å²) >= 11 is 0. The van der Waals surface area contributed by atoms with Crippen molar-refractivity contribution in [2.75, 3.05) is 19.4 Å². The van der Waals surface area contributed by atoms with Crippen LogP contribution >= 0.6 is 0 Å². The molecule has 0 spiro atoms. The van der Waals surface area contributed by atoms with Crippen LogP contribution < -0.4 is 5.32 Å². The SMILES string of the molecule is CC(C)[C@H](C(=O)Nc1cccnc1)N(C)C. The Hall–Kier alpha value is -1.42. The molecule has 4 nitrogen and oxygen atoms in total. The van der Waals surface area contributed by atoms with Crippen LogP contribution in [-0.4, -0.2) is 35.9 Å². The van der Waals surface area contributed by atoms with Gasteiger partial charge in [0.05, 0.1) is 17.9 Å². The molecule has 16 heavy (non-hydrogen) atoms. The molecule has 1 amide bonds. The Kier molecular flexibility index (Phi) is 4.43. The van der Waals surface area contributed by atoms with Crippen molar-refractivity contribution in [1.29, 1.82) is 0 Å². The molecular weight excluding hydrogens is 202 g/mol. The predicted octanol–water partition coefficient (Wildman–Crippen LogP) is 1.61. The van der Waals surface area contributed by atoms with Crippen molar-refractivity contribution < 1.29 is 4.79 Å². The summed E-state index contributed by atoms with van der Waals surface area (Å²) in [6, 6.07) is 3.51. The van der Waals surface area contributed by atoms with Gasteiger partial charge in [-0.3, -0.25) is 14.7 Å². The monoisotopic (exact) mass is 221 g/mol. The van der Waals surface area contributed by atoms with E-state index in [-0.39, 0.29) is 17.9 Å². The van der Waals surface area contributed by atoms with E-state index in [1.807, 2.05) is 38.9 Å². The lowest BCUT2D eigenvalue weighted by Gasteiger charge is -2.26. The summed E-state index contributed by atoms with van der Waals surface area (Å²) in [6.45, 7) is 4.07. The summed E-state index contributed by atoms with van der Waals surface area (Å²) in [6.07, 6.45) is 3.33. The van der Waals surface area contributed by atoms with Crippen molar-refractivity contribution in [2.45, 2.75) is 19.9 Å². The number of anilines is 1. The molecule has 1 heterocycles. The highest BCUT2D eigenvalue weighted by molar-refractivity contribution is 5.94. The Bertz CT molecular complexity index is 327. The first-order valence-electron chi connectivity index (χ1n) is 5.39. The molecule has 0 fully saturated rings. The first kappa shape index (κ1) is 12.6. The summed E-state index contributed by atoms with van der Waals surface area (Å²) in [7, 11) is 3.82. The van der Waals surface area contributed by atoms with Crippen LogP contribution in [0.4, 0.5) is 5.69 Å². The Morgan fingerprint density at radius 2 is 2.12 bits per heavy atom. The molecule has 4 heteroatoms. The number of aromatic nitrogens is 1. The summed E-state index contributed by atoms with van der Waals surface area (Å²) < 4.78 is 0. The standard InChI is InChI=1S/C12H19N3O/c1-9(2)11(15(3)4)12(16)14-10-6-5-7-13-8-10/h5-9,11H,1-4H3,(H,14,16)/t11-/m1/s1. The lowest BCUT2D eigenvalue weighted by molar-refractivity contribution is -0.121. The largest absolute Gasteiger partial charge is 0.323 e. The zero-order valence-corrected chi connectivity index (χ0v) is 10.3. The average molecular weight is 221 g/mol. The minimum absolute atomic E-state index is 0.00741. The van der Waals surface area contributed by atoms with E-state index in [0.717, 1.165) is 5.69 Å². The van der Waals surface area contributed by atoms with Crippen molar-refractivity contribution in [3.8, 4) is 0 Å². The molecular formula is C12H19N3O. The zero-order valence-electron chi connectivity index (χ0n) is 10.3. The van der Waals surface area contributed by atoms with Gasteiger partial charge in [0, 0.05) is 6.20 Å². The van der Waals surface area contributed by atoms with Gasteiger partial charge in [-0.25, -0.2) is 0 Å². The van der Waals surface area contributed by atoms with E-state index >= 15 is 0 Å². The van der Waals surface area contributed by atoms with Crippen molar-refractivity contribution >= 4 is 11.6 Å². The average Bonchev–Trinajstić information content (AvgIpc) is 2.17. The molecule has 0 saturated carbocycles. The van der Waals surface area contributed by atoms with Gasteiger partial charge in [-0.2, -0.15) is 0 Å². The van der Waals surface area contributed by atoms with Crippen LogP contribution in [0.15, 0.2) is 24.5 Å². The summed E-state index contributed by atoms with van der Waals surface area (Å²) in [4.78, 5) is 17.9. The topological polar surface area (TPSA) is 45.2 Å². The van der Waals surface area contributed by atoms with Crippen LogP contribution in [0.2, 0.25) is 0 Å². The second-order valence-electron chi connectivity index (χ2n) is 4.38. The second kappa shape index (κ2) is 5.61. The third kappa shape index (κ3) is 3.31. The van der Waals surface area contributed by atoms with Crippen LogP contribution in [0.3, 0.4) is 0 Å². The summed E-state index contributed by atoms with van der Waals surface area (Å²) in [5, 5.41) is 2.86. The second-order valence-corrected chi connectivity index (χ2v) is 4.38. The molecule has 1 atom stereocenters. The number of carbonyl (C=O) groups is 1. The minimum Gasteiger partial charge on any atom is -0.323 e. The quantitative estimate of drug-likeness (QED) is 0.840. The van der Waals surface area contributed by atoms with Crippen molar-refractivity contribution in [3.63, 3.8) is 0 Å². The Balaban J connectivity index is 2.70. The lowest BCUT2D eigenvalue weighted by atomic mass is 10.0. The van der Waals surface area contributed by atoms with Crippen molar-refractivity contribution in [1.82, 2.24) is 9.88 Å². The maximum absolute atomic E-state index is 12.0. The van der Waals surface area contributed by atoms with Gasteiger partial charge in [0.2, 0.25) is 5.91 Å². The van der Waals surface area contributed by atoms with Crippen LogP contribution in [0, 0.1) is 5.92 Å². The van der Waals surface area contributed by atoms with Crippen LogP contribution in [0.1, 0.15) is 13.8 Å². The van der Waals surface area contributed by atoms with E-state index in [1.165, 1.54) is 0 Å². The molecule has 1 N–H and O–H groups in total. The third-order valence-electron chi connectivity index (χ3n) is 2.39. The molecule has 0 unspecified atom stereocenters. The van der Waals surface area contributed by atoms with Crippen molar-refractivity contribution in [2.24, 2.45) is 5.92 Å². The maximum atomic E-state index is 12.0. The highest BCUT2D eigenvalue weighted by Crippen LogP contribution is 2.11. The van der Waals surface area contributed by atoms with Gasteiger partial charge in [0.25, 0.3) is 0 Å². The fourth-order valence-electron chi connectivity index (χ4n) is 1.79. The summed E-state index contributed by atoms with van der Waals surface area (Å²) in [5.41, 5.74) is 0.736. The van der Waals surface area contributed by atoms with Gasteiger partial charge >= 0.3 is 0 Å². The first-order chi connectivity index (χ1) is 7.52. The van der Waals surface area contributed by atoms with E-state index in [9.17, 15) is 4.79 Å². The maximum Gasteiger partial charge on any atom is 0.242 e. The van der Waals surface area contributed by atoms with E-state index in [0.29, 0.717) is 0 Å². The van der Waals surface area contributed by atoms with Crippen LogP contribution in [0.5, 0.6) is 0 Å². The molecule has 0 saturated heterocycles. The molecule has 1 aromatic rings. The number of nitrogens with one attached hydrogen (secondary N) is 1. The normalized spacial score (nSPS) is 12.9. The van der Waals surface area contributed by atoms with Crippen molar-refractivity contribution in [3.05, 3.63) is 24.5 Å². The Morgan fingerprint density at radius 3 is 2.56 bits per heavy atom. The number of amides is 1. The van der Waals surface area contributed by atoms with Gasteiger partial charge in [0.15, 0.2) is 0 Å². The van der Waals surface area contributed by atoms with Gasteiger partial charge in [-0.15, -0.1) is 0 Å². The predicted molar refractivity (Wildman–Crippen MR) is 65.2 cm³/mol. The number of likely N-dealkylation sites (N-methyl/N-ethyl adjacent to an activating group) is 1. The summed E-state index contributed by atoms with van der Waals surface area (Å²) in [5.74, 6) is 0.277. The van der Waals surface area contributed by atoms with E-state index in [2.05, 4.69) is 10.3 Å². The van der Waals surface area contributed by atoms with E-state index in [4.69, 9.17) is 0 Å². The molecule has 0 aliphatic rings. The van der Waals surface area contributed by atoms with Crippen LogP contribution in [-0.2, 0) is 4.79 Å². The molecule has 1 aromatic heterocycles. The van der Waals surface area contributed by atoms with Gasteiger partial charge < -0.3 is 5.32 Å². The number of pyridine rings is 1. The smallest absolute Gasteiger partial charge is 0.242 e. The molecule has 0 aliphatic carbocycles. The Labute approximate surface area is 96.7 Å². The van der Waals surface area contributed by atoms with Crippen LogP contribution in [0.25, 0.3) is 0 Å². The lowest BCUT2D eigenvalue weighted by Crippen LogP contribution is -2.43. The molecule has 0 radical (unpaired) electrons. The van der Waals surface area contributed by atoms with Gasteiger partial charge in [-0.1, -0.05) is 13.8 Å². The molecule has 0 bridgehead atoms. The zero-order chi connectivity index (χ0) is 12.1. The number of carbonyl (C=O) groups excluding carboxylic acids is 1. The minimum atomic E-state index is -0.125.